The number of hydrogen-bond acceptors (Lipinski definition) is 1. The average Bonchev–Trinajstić information content (AvgIpc) is 2.36. The second-order valence-corrected chi connectivity index (χ2v) is 4.36. The van der Waals surface area contributed by atoms with Gasteiger partial charge in [0.15, 0.2) is 0 Å². The van der Waals surface area contributed by atoms with Crippen molar-refractivity contribution in [3.63, 3.8) is 0 Å². The summed E-state index contributed by atoms with van der Waals surface area (Å²) in [7, 11) is 0. The summed E-state index contributed by atoms with van der Waals surface area (Å²) in [5.41, 5.74) is 1.24. The molecule has 0 amide bonds. The van der Waals surface area contributed by atoms with E-state index in [1.165, 1.54) is 16.3 Å². The number of benzene rings is 2. The molecule has 2 aromatic carbocycles. The summed E-state index contributed by atoms with van der Waals surface area (Å²) in [6.45, 7) is 6.80. The molecule has 1 unspecified atom stereocenters. The van der Waals surface area contributed by atoms with E-state index in [0.29, 0.717) is 6.61 Å². The molecular formula is C16H19O. The Morgan fingerprint density at radius 3 is 2.71 bits per heavy atom. The van der Waals surface area contributed by atoms with Crippen LogP contribution in [0.15, 0.2) is 42.5 Å². The van der Waals surface area contributed by atoms with Gasteiger partial charge in [0.05, 0.1) is 12.7 Å². The summed E-state index contributed by atoms with van der Waals surface area (Å²) in [6.07, 6.45) is 2.23. The van der Waals surface area contributed by atoms with Crippen LogP contribution >= 0.6 is 0 Å². The summed E-state index contributed by atoms with van der Waals surface area (Å²) in [6, 6.07) is 14.7. The van der Waals surface area contributed by atoms with E-state index < -0.39 is 0 Å². The van der Waals surface area contributed by atoms with Gasteiger partial charge in [0, 0.05) is 0 Å². The standard InChI is InChI=1S/C16H19O/c1-3-7-13(2)17-12-15-10-6-9-14-8-4-5-11-16(14)15/h4-6,8-11,13H,2-3,7,12H2,1H3. The largest absolute Gasteiger partial charge is 0.374 e. The molecule has 1 radical (unpaired) electrons. The van der Waals surface area contributed by atoms with Gasteiger partial charge in [-0.2, -0.15) is 0 Å². The van der Waals surface area contributed by atoms with Crippen molar-refractivity contribution in [1.82, 2.24) is 0 Å². The van der Waals surface area contributed by atoms with Crippen LogP contribution < -0.4 is 0 Å². The van der Waals surface area contributed by atoms with Gasteiger partial charge in [0.25, 0.3) is 0 Å². The van der Waals surface area contributed by atoms with Crippen LogP contribution in [0.25, 0.3) is 10.8 Å². The fourth-order valence-electron chi connectivity index (χ4n) is 2.03. The van der Waals surface area contributed by atoms with Crippen molar-refractivity contribution in [3.05, 3.63) is 55.0 Å². The molecule has 0 aromatic heterocycles. The summed E-state index contributed by atoms with van der Waals surface area (Å²) in [4.78, 5) is 0. The van der Waals surface area contributed by atoms with Crippen LogP contribution in [0.2, 0.25) is 0 Å². The topological polar surface area (TPSA) is 9.23 Å². The Kier molecular flexibility index (Phi) is 4.16. The molecular weight excluding hydrogens is 208 g/mol. The molecule has 0 spiro atoms. The summed E-state index contributed by atoms with van der Waals surface area (Å²) in [5.74, 6) is 0. The predicted molar refractivity (Wildman–Crippen MR) is 72.8 cm³/mol. The monoisotopic (exact) mass is 227 g/mol. The van der Waals surface area contributed by atoms with Crippen molar-refractivity contribution in [2.24, 2.45) is 0 Å². The number of fused-ring (bicyclic) bond motifs is 1. The van der Waals surface area contributed by atoms with Gasteiger partial charge >= 0.3 is 0 Å². The zero-order valence-corrected chi connectivity index (χ0v) is 10.4. The zero-order valence-electron chi connectivity index (χ0n) is 10.4. The Morgan fingerprint density at radius 2 is 1.88 bits per heavy atom. The van der Waals surface area contributed by atoms with Crippen molar-refractivity contribution < 1.29 is 4.74 Å². The van der Waals surface area contributed by atoms with Crippen molar-refractivity contribution in [2.75, 3.05) is 0 Å². The van der Waals surface area contributed by atoms with E-state index in [0.717, 1.165) is 12.8 Å². The third kappa shape index (κ3) is 3.07. The Hall–Kier alpha value is -1.34. The van der Waals surface area contributed by atoms with Gasteiger partial charge in [-0.1, -0.05) is 55.8 Å². The average molecular weight is 227 g/mol. The van der Waals surface area contributed by atoms with Crippen LogP contribution in [0.4, 0.5) is 0 Å². The van der Waals surface area contributed by atoms with Gasteiger partial charge in [-0.3, -0.25) is 0 Å². The third-order valence-corrected chi connectivity index (χ3v) is 2.97. The molecule has 0 saturated carbocycles. The molecule has 0 fully saturated rings. The van der Waals surface area contributed by atoms with E-state index in [1.54, 1.807) is 0 Å². The summed E-state index contributed by atoms with van der Waals surface area (Å²) < 4.78 is 5.77. The Labute approximate surface area is 103 Å². The van der Waals surface area contributed by atoms with Crippen LogP contribution in [0.5, 0.6) is 0 Å². The first-order valence-corrected chi connectivity index (χ1v) is 6.22. The molecule has 0 aliphatic carbocycles. The molecule has 0 saturated heterocycles. The minimum Gasteiger partial charge on any atom is -0.374 e. The molecule has 0 aliphatic rings. The second-order valence-electron chi connectivity index (χ2n) is 4.36. The maximum Gasteiger partial charge on any atom is 0.0726 e. The van der Waals surface area contributed by atoms with Gasteiger partial charge in [0.1, 0.15) is 0 Å². The molecule has 2 aromatic rings. The van der Waals surface area contributed by atoms with Gasteiger partial charge in [-0.15, -0.1) is 0 Å². The Balaban J connectivity index is 2.13. The molecule has 17 heavy (non-hydrogen) atoms. The highest BCUT2D eigenvalue weighted by Crippen LogP contribution is 2.19. The fraction of sp³-hybridized carbons (Fsp3) is 0.312. The SMILES string of the molecule is [CH2]C(CCC)OCc1cccc2ccccc12. The zero-order chi connectivity index (χ0) is 12.1. The quantitative estimate of drug-likeness (QED) is 0.737. The first kappa shape index (κ1) is 12.1. The highest BCUT2D eigenvalue weighted by atomic mass is 16.5. The van der Waals surface area contributed by atoms with Crippen molar-refractivity contribution >= 4 is 10.8 Å². The number of hydrogen-bond donors (Lipinski definition) is 0. The predicted octanol–water partition coefficient (Wildman–Crippen LogP) is 4.36. The lowest BCUT2D eigenvalue weighted by atomic mass is 10.1. The highest BCUT2D eigenvalue weighted by Gasteiger charge is 2.04. The van der Waals surface area contributed by atoms with Gasteiger partial charge < -0.3 is 4.74 Å². The summed E-state index contributed by atoms with van der Waals surface area (Å²) >= 11 is 0. The van der Waals surface area contributed by atoms with E-state index in [2.05, 4.69) is 56.3 Å². The molecule has 0 N–H and O–H groups in total. The lowest BCUT2D eigenvalue weighted by Crippen LogP contribution is -2.07. The third-order valence-electron chi connectivity index (χ3n) is 2.97. The molecule has 0 heterocycles. The minimum atomic E-state index is 0.0963. The molecule has 0 aliphatic heterocycles. The number of rotatable bonds is 5. The minimum absolute atomic E-state index is 0.0963. The number of ether oxygens (including phenoxy) is 1. The van der Waals surface area contributed by atoms with Crippen LogP contribution in [-0.2, 0) is 11.3 Å². The first-order valence-electron chi connectivity index (χ1n) is 6.22. The van der Waals surface area contributed by atoms with E-state index in [-0.39, 0.29) is 6.10 Å². The molecule has 1 atom stereocenters. The van der Waals surface area contributed by atoms with Crippen LogP contribution in [0, 0.1) is 6.92 Å². The molecule has 2 rings (SSSR count). The van der Waals surface area contributed by atoms with Gasteiger partial charge in [0.2, 0.25) is 0 Å². The second kappa shape index (κ2) is 5.83. The first-order chi connectivity index (χ1) is 8.31. The smallest absolute Gasteiger partial charge is 0.0726 e. The normalized spacial score (nSPS) is 12.8. The molecule has 89 valence electrons. The van der Waals surface area contributed by atoms with Crippen LogP contribution in [0.1, 0.15) is 25.3 Å². The lowest BCUT2D eigenvalue weighted by molar-refractivity contribution is 0.0649. The molecule has 1 nitrogen and oxygen atoms in total. The van der Waals surface area contributed by atoms with Gasteiger partial charge in [-0.05, 0) is 29.7 Å². The van der Waals surface area contributed by atoms with Crippen LogP contribution in [0.3, 0.4) is 0 Å². The van der Waals surface area contributed by atoms with Crippen molar-refractivity contribution in [1.29, 1.82) is 0 Å². The van der Waals surface area contributed by atoms with E-state index >= 15 is 0 Å². The van der Waals surface area contributed by atoms with Crippen molar-refractivity contribution in [2.45, 2.75) is 32.5 Å². The lowest BCUT2D eigenvalue weighted by Gasteiger charge is -2.13. The Bertz CT molecular complexity index is 470. The van der Waals surface area contributed by atoms with E-state index in [4.69, 9.17) is 4.74 Å². The van der Waals surface area contributed by atoms with E-state index in [9.17, 15) is 0 Å². The van der Waals surface area contributed by atoms with Gasteiger partial charge in [-0.25, -0.2) is 0 Å². The maximum absolute atomic E-state index is 5.77. The van der Waals surface area contributed by atoms with Crippen LogP contribution in [-0.4, -0.2) is 6.10 Å². The Morgan fingerprint density at radius 1 is 1.12 bits per heavy atom. The highest BCUT2D eigenvalue weighted by molar-refractivity contribution is 5.85. The summed E-state index contributed by atoms with van der Waals surface area (Å²) in [5, 5.41) is 2.54. The maximum atomic E-state index is 5.77. The molecule has 0 bridgehead atoms. The molecule has 1 heteroatoms. The van der Waals surface area contributed by atoms with E-state index in [1.807, 2.05) is 0 Å². The van der Waals surface area contributed by atoms with Crippen molar-refractivity contribution in [3.8, 4) is 0 Å². The fourth-order valence-corrected chi connectivity index (χ4v) is 2.03.